The summed E-state index contributed by atoms with van der Waals surface area (Å²) in [6.45, 7) is 3.22. The van der Waals surface area contributed by atoms with Crippen molar-refractivity contribution >= 4 is 5.91 Å². The molecular weight excluding hydrogens is 268 g/mol. The van der Waals surface area contributed by atoms with Crippen LogP contribution in [0.2, 0.25) is 0 Å². The van der Waals surface area contributed by atoms with E-state index in [0.29, 0.717) is 24.8 Å². The van der Waals surface area contributed by atoms with Crippen LogP contribution < -0.4 is 5.32 Å². The first-order valence-electron chi connectivity index (χ1n) is 7.46. The Morgan fingerprint density at radius 3 is 2.95 bits per heavy atom. The van der Waals surface area contributed by atoms with Gasteiger partial charge in [0.25, 0.3) is 5.91 Å². The third-order valence-electron chi connectivity index (χ3n) is 3.96. The maximum atomic E-state index is 12.0. The molecule has 0 spiro atoms. The predicted molar refractivity (Wildman–Crippen MR) is 80.9 cm³/mol. The number of nitrogens with zero attached hydrogens (tertiary/aromatic N) is 1. The summed E-state index contributed by atoms with van der Waals surface area (Å²) in [6, 6.07) is 9.34. The molecule has 1 aromatic carbocycles. The molecule has 2 unspecified atom stereocenters. The number of ether oxygens (including phenoxy) is 1. The van der Waals surface area contributed by atoms with Crippen molar-refractivity contribution in [1.29, 1.82) is 0 Å². The average molecular weight is 292 g/mol. The standard InChI is InChI=1S/C16H24N2O3/c1-21-11-10-18-9-5-8-14(18)12-17-16(20)15(19)13-6-3-2-4-7-13/h2-4,6-7,14-15,19H,5,8-12H2,1H3,(H,17,20). The van der Waals surface area contributed by atoms with Crippen LogP contribution in [0.1, 0.15) is 24.5 Å². The molecule has 1 fully saturated rings. The first kappa shape index (κ1) is 15.9. The molecule has 5 nitrogen and oxygen atoms in total. The van der Waals surface area contributed by atoms with Gasteiger partial charge in [0, 0.05) is 26.2 Å². The molecule has 0 radical (unpaired) electrons. The molecule has 1 aliphatic heterocycles. The van der Waals surface area contributed by atoms with E-state index < -0.39 is 6.10 Å². The van der Waals surface area contributed by atoms with E-state index in [0.717, 1.165) is 25.9 Å². The van der Waals surface area contributed by atoms with Gasteiger partial charge in [0.2, 0.25) is 0 Å². The number of aliphatic hydroxyl groups is 1. The number of nitrogens with one attached hydrogen (secondary N) is 1. The number of rotatable bonds is 7. The van der Waals surface area contributed by atoms with Gasteiger partial charge in [-0.2, -0.15) is 0 Å². The molecule has 1 aliphatic rings. The lowest BCUT2D eigenvalue weighted by Crippen LogP contribution is -2.42. The second-order valence-corrected chi connectivity index (χ2v) is 5.38. The van der Waals surface area contributed by atoms with Crippen molar-refractivity contribution in [2.45, 2.75) is 25.0 Å². The Hall–Kier alpha value is -1.43. The highest BCUT2D eigenvalue weighted by Crippen LogP contribution is 2.17. The van der Waals surface area contributed by atoms with Crippen LogP contribution in [0.3, 0.4) is 0 Å². The zero-order valence-electron chi connectivity index (χ0n) is 12.5. The first-order valence-corrected chi connectivity index (χ1v) is 7.46. The number of likely N-dealkylation sites (tertiary alicyclic amines) is 1. The largest absolute Gasteiger partial charge is 0.383 e. The maximum Gasteiger partial charge on any atom is 0.253 e. The smallest absolute Gasteiger partial charge is 0.253 e. The summed E-state index contributed by atoms with van der Waals surface area (Å²) in [6.07, 6.45) is 1.12. The van der Waals surface area contributed by atoms with E-state index in [2.05, 4.69) is 10.2 Å². The second-order valence-electron chi connectivity index (χ2n) is 5.38. The van der Waals surface area contributed by atoms with Crippen LogP contribution in [0.25, 0.3) is 0 Å². The molecule has 0 bridgehead atoms. The molecular formula is C16H24N2O3. The lowest BCUT2D eigenvalue weighted by atomic mass is 10.1. The normalized spacial score (nSPS) is 20.4. The van der Waals surface area contributed by atoms with E-state index in [9.17, 15) is 9.90 Å². The number of carbonyl (C=O) groups is 1. The van der Waals surface area contributed by atoms with E-state index in [1.165, 1.54) is 0 Å². The van der Waals surface area contributed by atoms with Gasteiger partial charge >= 0.3 is 0 Å². The summed E-state index contributed by atoms with van der Waals surface area (Å²) in [4.78, 5) is 14.3. The SMILES string of the molecule is COCCN1CCCC1CNC(=O)C(O)c1ccccc1. The van der Waals surface area contributed by atoms with Crippen LogP contribution in [0.5, 0.6) is 0 Å². The molecule has 116 valence electrons. The van der Waals surface area contributed by atoms with E-state index in [1.54, 1.807) is 19.2 Å². The van der Waals surface area contributed by atoms with Crippen molar-refractivity contribution in [3.05, 3.63) is 35.9 Å². The van der Waals surface area contributed by atoms with Gasteiger partial charge in [-0.3, -0.25) is 9.69 Å². The minimum Gasteiger partial charge on any atom is -0.383 e. The molecule has 5 heteroatoms. The minimum atomic E-state index is -1.10. The Bertz CT molecular complexity index is 438. The second kappa shape index (κ2) is 8.12. The van der Waals surface area contributed by atoms with E-state index in [4.69, 9.17) is 4.74 Å². The fourth-order valence-corrected chi connectivity index (χ4v) is 2.73. The summed E-state index contributed by atoms with van der Waals surface area (Å²) in [5, 5.41) is 12.9. The number of aliphatic hydroxyl groups excluding tert-OH is 1. The zero-order chi connectivity index (χ0) is 15.1. The molecule has 1 heterocycles. The van der Waals surface area contributed by atoms with Crippen LogP contribution in [-0.2, 0) is 9.53 Å². The summed E-state index contributed by atoms with van der Waals surface area (Å²) < 4.78 is 5.10. The molecule has 2 atom stereocenters. The van der Waals surface area contributed by atoms with Gasteiger partial charge < -0.3 is 15.2 Å². The van der Waals surface area contributed by atoms with Gasteiger partial charge in [-0.25, -0.2) is 0 Å². The molecule has 2 rings (SSSR count). The molecule has 0 aromatic heterocycles. The summed E-state index contributed by atoms with van der Waals surface area (Å²) in [5.74, 6) is -0.334. The fourth-order valence-electron chi connectivity index (χ4n) is 2.73. The van der Waals surface area contributed by atoms with Crippen LogP contribution in [0, 0.1) is 0 Å². The van der Waals surface area contributed by atoms with Gasteiger partial charge in [0.15, 0.2) is 6.10 Å². The lowest BCUT2D eigenvalue weighted by molar-refractivity contribution is -0.129. The monoisotopic (exact) mass is 292 g/mol. The van der Waals surface area contributed by atoms with E-state index in [1.807, 2.05) is 18.2 Å². The van der Waals surface area contributed by atoms with Crippen molar-refractivity contribution in [1.82, 2.24) is 10.2 Å². The predicted octanol–water partition coefficient (Wildman–Crippen LogP) is 0.947. The van der Waals surface area contributed by atoms with Crippen LogP contribution in [-0.4, -0.2) is 55.3 Å². The Morgan fingerprint density at radius 2 is 2.24 bits per heavy atom. The highest BCUT2D eigenvalue weighted by molar-refractivity contribution is 5.81. The zero-order valence-corrected chi connectivity index (χ0v) is 12.5. The van der Waals surface area contributed by atoms with Crippen molar-refractivity contribution in [2.75, 3.05) is 33.4 Å². The first-order chi connectivity index (χ1) is 10.2. The van der Waals surface area contributed by atoms with Gasteiger partial charge in [-0.1, -0.05) is 30.3 Å². The van der Waals surface area contributed by atoms with Crippen molar-refractivity contribution in [3.8, 4) is 0 Å². The number of amides is 1. The Balaban J connectivity index is 1.80. The summed E-state index contributed by atoms with van der Waals surface area (Å²) in [7, 11) is 1.70. The number of hydrogen-bond donors (Lipinski definition) is 2. The Kier molecular flexibility index (Phi) is 6.17. The fraction of sp³-hybridized carbons (Fsp3) is 0.562. The molecule has 1 saturated heterocycles. The quantitative estimate of drug-likeness (QED) is 0.785. The number of hydrogen-bond acceptors (Lipinski definition) is 4. The molecule has 2 N–H and O–H groups in total. The van der Waals surface area contributed by atoms with Gasteiger partial charge in [-0.15, -0.1) is 0 Å². The van der Waals surface area contributed by atoms with Crippen molar-refractivity contribution in [2.24, 2.45) is 0 Å². The molecule has 0 aliphatic carbocycles. The highest BCUT2D eigenvalue weighted by Gasteiger charge is 2.25. The van der Waals surface area contributed by atoms with E-state index >= 15 is 0 Å². The lowest BCUT2D eigenvalue weighted by Gasteiger charge is -2.24. The van der Waals surface area contributed by atoms with Gasteiger partial charge in [0.05, 0.1) is 6.61 Å². The van der Waals surface area contributed by atoms with Gasteiger partial charge in [0.1, 0.15) is 0 Å². The molecule has 1 amide bonds. The van der Waals surface area contributed by atoms with Gasteiger partial charge in [-0.05, 0) is 24.9 Å². The maximum absolute atomic E-state index is 12.0. The van der Waals surface area contributed by atoms with Crippen molar-refractivity contribution in [3.63, 3.8) is 0 Å². The number of methoxy groups -OCH3 is 1. The van der Waals surface area contributed by atoms with E-state index in [-0.39, 0.29) is 5.91 Å². The van der Waals surface area contributed by atoms with Crippen LogP contribution >= 0.6 is 0 Å². The number of carbonyl (C=O) groups excluding carboxylic acids is 1. The highest BCUT2D eigenvalue weighted by atomic mass is 16.5. The molecule has 0 saturated carbocycles. The van der Waals surface area contributed by atoms with Crippen LogP contribution in [0.4, 0.5) is 0 Å². The summed E-state index contributed by atoms with van der Waals surface area (Å²) in [5.41, 5.74) is 0.623. The molecule has 21 heavy (non-hydrogen) atoms. The third kappa shape index (κ3) is 4.52. The minimum absolute atomic E-state index is 0.334. The average Bonchev–Trinajstić information content (AvgIpc) is 2.98. The topological polar surface area (TPSA) is 61.8 Å². The molecule has 1 aromatic rings. The third-order valence-corrected chi connectivity index (χ3v) is 3.96. The number of benzene rings is 1. The van der Waals surface area contributed by atoms with Crippen molar-refractivity contribution < 1.29 is 14.6 Å². The summed E-state index contributed by atoms with van der Waals surface area (Å²) >= 11 is 0. The Labute approximate surface area is 125 Å². The Morgan fingerprint density at radius 1 is 1.48 bits per heavy atom. The van der Waals surface area contributed by atoms with Crippen LogP contribution in [0.15, 0.2) is 30.3 Å².